The van der Waals surface area contributed by atoms with Crippen molar-refractivity contribution in [3.8, 4) is 22.3 Å². The number of para-hydroxylation sites is 1. The molecule has 2 atom stereocenters. The number of hydrogen-bond acceptors (Lipinski definition) is 1. The van der Waals surface area contributed by atoms with Crippen LogP contribution in [-0.2, 0) is 10.8 Å². The second kappa shape index (κ2) is 16.8. The van der Waals surface area contributed by atoms with Crippen molar-refractivity contribution in [1.29, 1.82) is 0 Å². The first-order chi connectivity index (χ1) is 36.2. The zero-order valence-electron chi connectivity index (χ0n) is 41.3. The minimum Gasteiger partial charge on any atom is -0.310 e. The van der Waals surface area contributed by atoms with Crippen LogP contribution in [0.1, 0.15) is 102 Å². The van der Waals surface area contributed by atoms with Gasteiger partial charge in [0, 0.05) is 22.9 Å². The summed E-state index contributed by atoms with van der Waals surface area (Å²) in [5.74, 6) is 0.224. The molecule has 0 heterocycles. The molecule has 0 bridgehead atoms. The second-order valence-corrected chi connectivity index (χ2v) is 21.3. The molecule has 0 radical (unpaired) electrons. The molecule has 73 heavy (non-hydrogen) atoms. The van der Waals surface area contributed by atoms with Crippen LogP contribution >= 0.6 is 0 Å². The summed E-state index contributed by atoms with van der Waals surface area (Å²) in [6.07, 6.45) is 34.3. The SMILES string of the molecule is C1=CCCC(C2(c3ccccc3)C3=C(C=CCC3)c3ccc(C4=C(C5C=C(N(c6ccccc6)c6cccc7c6-c6ccccc6C76c7ccccc7-c7ccccc76)C=CC5)CCC5=CCCC=C54)cc32)=C1. The van der Waals surface area contributed by atoms with Gasteiger partial charge < -0.3 is 4.90 Å². The topological polar surface area (TPSA) is 3.24 Å². The molecule has 0 amide bonds. The van der Waals surface area contributed by atoms with Crippen molar-refractivity contribution in [3.05, 3.63) is 309 Å². The van der Waals surface area contributed by atoms with Crippen LogP contribution in [0.25, 0.3) is 33.4 Å². The summed E-state index contributed by atoms with van der Waals surface area (Å²) in [6, 6.07) is 65.0. The molecule has 8 aliphatic rings. The molecule has 350 valence electrons. The molecule has 0 fully saturated rings. The van der Waals surface area contributed by atoms with E-state index in [0.717, 1.165) is 57.8 Å². The van der Waals surface area contributed by atoms with Gasteiger partial charge in [0.2, 0.25) is 0 Å². The van der Waals surface area contributed by atoms with E-state index in [0.29, 0.717) is 0 Å². The highest BCUT2D eigenvalue weighted by molar-refractivity contribution is 6.01. The number of fused-ring (bicyclic) bond motifs is 13. The van der Waals surface area contributed by atoms with Crippen molar-refractivity contribution in [1.82, 2.24) is 0 Å². The summed E-state index contributed by atoms with van der Waals surface area (Å²) >= 11 is 0. The molecule has 8 aliphatic carbocycles. The third-order valence-electron chi connectivity index (χ3n) is 17.8. The van der Waals surface area contributed by atoms with Crippen LogP contribution in [0.5, 0.6) is 0 Å². The molecular formula is C72H57N. The maximum Gasteiger partial charge on any atom is 0.0726 e. The van der Waals surface area contributed by atoms with Crippen molar-refractivity contribution in [2.45, 2.75) is 68.6 Å². The van der Waals surface area contributed by atoms with E-state index in [-0.39, 0.29) is 11.3 Å². The van der Waals surface area contributed by atoms with E-state index in [1.807, 2.05) is 0 Å². The van der Waals surface area contributed by atoms with Crippen LogP contribution in [0.2, 0.25) is 0 Å². The fraction of sp³-hybridized carbons (Fsp3) is 0.167. The summed E-state index contributed by atoms with van der Waals surface area (Å²) in [5, 5.41) is 0. The molecule has 0 N–H and O–H groups in total. The number of anilines is 2. The molecule has 1 spiro atoms. The average Bonchev–Trinajstić information content (AvgIpc) is 4.06. The Hall–Kier alpha value is -8.00. The zero-order chi connectivity index (χ0) is 48.1. The third-order valence-corrected chi connectivity index (χ3v) is 17.8. The summed E-state index contributed by atoms with van der Waals surface area (Å²) in [6.45, 7) is 0. The summed E-state index contributed by atoms with van der Waals surface area (Å²) in [7, 11) is 0. The smallest absolute Gasteiger partial charge is 0.0726 e. The zero-order valence-corrected chi connectivity index (χ0v) is 41.3. The van der Waals surface area contributed by atoms with Crippen LogP contribution in [0.4, 0.5) is 11.4 Å². The van der Waals surface area contributed by atoms with Crippen LogP contribution in [0, 0.1) is 5.92 Å². The van der Waals surface area contributed by atoms with Gasteiger partial charge in [-0.15, -0.1) is 0 Å². The Morgan fingerprint density at radius 3 is 1.97 bits per heavy atom. The Balaban J connectivity index is 0.925. The molecule has 7 aromatic rings. The Morgan fingerprint density at radius 1 is 0.493 bits per heavy atom. The summed E-state index contributed by atoms with van der Waals surface area (Å²) < 4.78 is 0. The van der Waals surface area contributed by atoms with Crippen LogP contribution in [-0.4, -0.2) is 0 Å². The molecular weight excluding hydrogens is 879 g/mol. The number of allylic oxidation sites excluding steroid dienone is 17. The highest BCUT2D eigenvalue weighted by Gasteiger charge is 2.53. The maximum atomic E-state index is 2.67. The number of nitrogens with zero attached hydrogens (tertiary/aromatic N) is 1. The van der Waals surface area contributed by atoms with Gasteiger partial charge in [-0.2, -0.15) is 0 Å². The molecule has 2 unspecified atom stereocenters. The van der Waals surface area contributed by atoms with Gasteiger partial charge in [0.1, 0.15) is 0 Å². The molecule has 7 aromatic carbocycles. The van der Waals surface area contributed by atoms with Crippen molar-refractivity contribution in [2.24, 2.45) is 5.92 Å². The minimum atomic E-state index is -0.416. The van der Waals surface area contributed by atoms with Crippen molar-refractivity contribution in [2.75, 3.05) is 4.90 Å². The van der Waals surface area contributed by atoms with Gasteiger partial charge in [-0.25, -0.2) is 0 Å². The molecule has 15 rings (SSSR count). The van der Waals surface area contributed by atoms with Gasteiger partial charge >= 0.3 is 0 Å². The Kier molecular flexibility index (Phi) is 9.81. The molecule has 1 heteroatoms. The van der Waals surface area contributed by atoms with E-state index in [4.69, 9.17) is 0 Å². The molecule has 0 aliphatic heterocycles. The van der Waals surface area contributed by atoms with E-state index >= 15 is 0 Å². The van der Waals surface area contributed by atoms with Crippen LogP contribution in [0.15, 0.2) is 264 Å². The van der Waals surface area contributed by atoms with E-state index < -0.39 is 5.41 Å². The lowest BCUT2D eigenvalue weighted by Gasteiger charge is -2.39. The normalized spacial score (nSPS) is 21.3. The first-order valence-corrected chi connectivity index (χ1v) is 27.0. The third kappa shape index (κ3) is 6.09. The van der Waals surface area contributed by atoms with Gasteiger partial charge in [0.05, 0.1) is 16.5 Å². The maximum absolute atomic E-state index is 2.67. The highest BCUT2D eigenvalue weighted by atomic mass is 15.2. The number of benzene rings is 7. The van der Waals surface area contributed by atoms with E-state index in [1.54, 1.807) is 11.1 Å². The van der Waals surface area contributed by atoms with Gasteiger partial charge in [-0.1, -0.05) is 211 Å². The van der Waals surface area contributed by atoms with Gasteiger partial charge in [0.25, 0.3) is 0 Å². The van der Waals surface area contributed by atoms with E-state index in [1.165, 1.54) is 112 Å². The van der Waals surface area contributed by atoms with Crippen molar-refractivity contribution >= 4 is 22.5 Å². The Labute approximate surface area is 430 Å². The number of rotatable bonds is 7. The van der Waals surface area contributed by atoms with Gasteiger partial charge in [-0.05, 0) is 177 Å². The molecule has 0 saturated carbocycles. The number of hydrogen-bond donors (Lipinski definition) is 0. The average molecular weight is 936 g/mol. The van der Waals surface area contributed by atoms with E-state index in [2.05, 4.69) is 236 Å². The highest BCUT2D eigenvalue weighted by Crippen LogP contribution is 2.65. The van der Waals surface area contributed by atoms with Crippen LogP contribution in [0.3, 0.4) is 0 Å². The standard InChI is InChI=1S/C72H57N/c1-4-24-51(25-5-1)71(52-26-6-2-7-27-52)62-36-16-12-34-59(62)60-45-43-50(47-67(60)71)69-55-31-11-10-22-48(55)42-44-56(69)49-23-20-30-54(46-49)73(53-28-8-3-9-29-53)68-41-21-40-66-70(68)61-35-15-19-39-65(61)72(66)63-37-17-13-32-57(63)58-33-14-18-38-64(58)72/h1-6,8-9,12-15,17-22,24-26,28-35,37-41,43,45-47,49H,7,10-11,16,23,27,36,42,44H2. The van der Waals surface area contributed by atoms with Crippen molar-refractivity contribution in [3.63, 3.8) is 0 Å². The molecule has 0 aromatic heterocycles. The lowest BCUT2D eigenvalue weighted by Crippen LogP contribution is -2.32. The Morgan fingerprint density at radius 2 is 1.19 bits per heavy atom. The first-order valence-electron chi connectivity index (χ1n) is 27.0. The predicted molar refractivity (Wildman–Crippen MR) is 304 cm³/mol. The quantitative estimate of drug-likeness (QED) is 0.154. The van der Waals surface area contributed by atoms with Gasteiger partial charge in [-0.3, -0.25) is 0 Å². The monoisotopic (exact) mass is 935 g/mol. The first kappa shape index (κ1) is 42.7. The molecule has 1 nitrogen and oxygen atoms in total. The molecule has 0 saturated heterocycles. The minimum absolute atomic E-state index is 0.224. The summed E-state index contributed by atoms with van der Waals surface area (Å²) in [5.41, 5.74) is 29.9. The lowest BCUT2D eigenvalue weighted by molar-refractivity contribution is 0.644. The predicted octanol–water partition coefficient (Wildman–Crippen LogP) is 18.2. The van der Waals surface area contributed by atoms with Crippen LogP contribution < -0.4 is 4.90 Å². The second-order valence-electron chi connectivity index (χ2n) is 21.3. The fourth-order valence-electron chi connectivity index (χ4n) is 15.1. The van der Waals surface area contributed by atoms with Crippen molar-refractivity contribution < 1.29 is 0 Å². The van der Waals surface area contributed by atoms with E-state index in [9.17, 15) is 0 Å². The van der Waals surface area contributed by atoms with Gasteiger partial charge in [0.15, 0.2) is 0 Å². The fourth-order valence-corrected chi connectivity index (χ4v) is 15.1. The lowest BCUT2D eigenvalue weighted by atomic mass is 9.63. The summed E-state index contributed by atoms with van der Waals surface area (Å²) in [4.78, 5) is 2.58. The Bertz CT molecular complexity index is 3720. The largest absolute Gasteiger partial charge is 0.310 e.